The van der Waals surface area contributed by atoms with Gasteiger partial charge in [-0.3, -0.25) is 0 Å². The first-order valence-electron chi connectivity index (χ1n) is 5.28. The number of thiophene rings is 1. The fourth-order valence-corrected chi connectivity index (χ4v) is 2.86. The van der Waals surface area contributed by atoms with Crippen molar-refractivity contribution in [2.24, 2.45) is 5.92 Å². The number of aliphatic carboxylic acids is 1. The molecule has 0 aliphatic rings. The van der Waals surface area contributed by atoms with Gasteiger partial charge in [-0.1, -0.05) is 25.4 Å². The average molecular weight is 259 g/mol. The fraction of sp³-hybridized carbons (Fsp3) is 0.417. The molecule has 4 heteroatoms. The van der Waals surface area contributed by atoms with Gasteiger partial charge in [-0.25, -0.2) is 4.79 Å². The van der Waals surface area contributed by atoms with E-state index in [2.05, 4.69) is 13.8 Å². The molecule has 2 nitrogen and oxygen atoms in total. The Labute approximate surface area is 105 Å². The van der Waals surface area contributed by atoms with Crippen LogP contribution < -0.4 is 0 Å². The summed E-state index contributed by atoms with van der Waals surface area (Å²) in [6, 6.07) is 3.69. The quantitative estimate of drug-likeness (QED) is 0.800. The van der Waals surface area contributed by atoms with Gasteiger partial charge >= 0.3 is 5.97 Å². The summed E-state index contributed by atoms with van der Waals surface area (Å²) in [4.78, 5) is 11.8. The van der Waals surface area contributed by atoms with E-state index in [1.165, 1.54) is 17.4 Å². The molecular formula is C12H15ClO2S. The van der Waals surface area contributed by atoms with Gasteiger partial charge in [-0.15, -0.1) is 11.3 Å². The molecule has 1 rings (SSSR count). The molecule has 0 amide bonds. The van der Waals surface area contributed by atoms with Crippen LogP contribution in [0, 0.1) is 5.92 Å². The van der Waals surface area contributed by atoms with Gasteiger partial charge < -0.3 is 5.11 Å². The summed E-state index contributed by atoms with van der Waals surface area (Å²) in [7, 11) is 0. The molecule has 0 unspecified atom stereocenters. The number of halogens is 1. The molecule has 0 aliphatic heterocycles. The predicted molar refractivity (Wildman–Crippen MR) is 69.0 cm³/mol. The van der Waals surface area contributed by atoms with E-state index in [1.807, 2.05) is 6.07 Å². The lowest BCUT2D eigenvalue weighted by atomic mass is 9.92. The van der Waals surface area contributed by atoms with Crippen molar-refractivity contribution in [2.45, 2.75) is 26.7 Å². The Morgan fingerprint density at radius 2 is 2.12 bits per heavy atom. The molecule has 1 aromatic heterocycles. The Bertz CT molecular complexity index is 391. The fourth-order valence-electron chi connectivity index (χ4n) is 1.72. The normalized spacial score (nSPS) is 12.1. The number of carbonyl (C=O) groups is 1. The van der Waals surface area contributed by atoms with Crippen LogP contribution in [-0.2, 0) is 4.79 Å². The third kappa shape index (κ3) is 3.35. The Morgan fingerprint density at radius 1 is 1.50 bits per heavy atom. The number of hydrogen-bond donors (Lipinski definition) is 1. The molecule has 1 heterocycles. The lowest BCUT2D eigenvalue weighted by molar-refractivity contribution is -0.131. The molecule has 0 spiro atoms. The topological polar surface area (TPSA) is 37.3 Å². The zero-order valence-corrected chi connectivity index (χ0v) is 10.9. The van der Waals surface area contributed by atoms with E-state index in [-0.39, 0.29) is 5.92 Å². The van der Waals surface area contributed by atoms with Gasteiger partial charge in [-0.05, 0) is 36.5 Å². The van der Waals surface area contributed by atoms with Gasteiger partial charge in [0.05, 0.1) is 4.34 Å². The lowest BCUT2D eigenvalue weighted by Crippen LogP contribution is -2.02. The minimum absolute atomic E-state index is 0.283. The Balaban J connectivity index is 3.10. The number of hydrogen-bond acceptors (Lipinski definition) is 2. The van der Waals surface area contributed by atoms with Gasteiger partial charge in [0.1, 0.15) is 0 Å². The van der Waals surface area contributed by atoms with Gasteiger partial charge in [0, 0.05) is 11.0 Å². The van der Waals surface area contributed by atoms with Gasteiger partial charge in [0.25, 0.3) is 0 Å². The highest BCUT2D eigenvalue weighted by Gasteiger charge is 2.15. The SMILES string of the molecule is CCC(CC)/C(=C\C(=O)O)c1ccc(Cl)s1. The summed E-state index contributed by atoms with van der Waals surface area (Å²) >= 11 is 7.31. The van der Waals surface area contributed by atoms with Crippen molar-refractivity contribution in [3.05, 3.63) is 27.4 Å². The van der Waals surface area contributed by atoms with Crippen molar-refractivity contribution in [2.75, 3.05) is 0 Å². The van der Waals surface area contributed by atoms with E-state index in [1.54, 1.807) is 6.07 Å². The summed E-state index contributed by atoms with van der Waals surface area (Å²) < 4.78 is 0.692. The number of rotatable bonds is 5. The highest BCUT2D eigenvalue weighted by atomic mass is 35.5. The van der Waals surface area contributed by atoms with E-state index in [4.69, 9.17) is 16.7 Å². The Hall–Kier alpha value is -0.800. The average Bonchev–Trinajstić information content (AvgIpc) is 2.64. The highest BCUT2D eigenvalue weighted by Crippen LogP contribution is 2.34. The molecule has 1 N–H and O–H groups in total. The van der Waals surface area contributed by atoms with Crippen molar-refractivity contribution in [3.8, 4) is 0 Å². The second kappa shape index (κ2) is 6.06. The second-order valence-corrected chi connectivity index (χ2v) is 5.27. The zero-order valence-electron chi connectivity index (χ0n) is 9.37. The van der Waals surface area contributed by atoms with E-state index < -0.39 is 5.97 Å². The molecule has 16 heavy (non-hydrogen) atoms. The van der Waals surface area contributed by atoms with Crippen LogP contribution in [0.1, 0.15) is 31.6 Å². The summed E-state index contributed by atoms with van der Waals surface area (Å²) in [5, 5.41) is 8.89. The van der Waals surface area contributed by atoms with Crippen LogP contribution in [0.15, 0.2) is 18.2 Å². The van der Waals surface area contributed by atoms with Crippen molar-refractivity contribution < 1.29 is 9.90 Å². The summed E-state index contributed by atoms with van der Waals surface area (Å²) in [6.07, 6.45) is 3.18. The molecule has 0 aliphatic carbocycles. The molecule has 0 saturated carbocycles. The molecule has 0 atom stereocenters. The third-order valence-corrected chi connectivity index (χ3v) is 3.84. The largest absolute Gasteiger partial charge is 0.478 e. The number of carboxylic acids is 1. The standard InChI is InChI=1S/C12H15ClO2S/c1-3-8(4-2)9(7-12(14)15)10-5-6-11(13)16-10/h5-8H,3-4H2,1-2H3,(H,14,15)/b9-7+. The summed E-state index contributed by atoms with van der Waals surface area (Å²) in [5.41, 5.74) is 0.884. The van der Waals surface area contributed by atoms with Crippen LogP contribution in [0.25, 0.3) is 5.57 Å². The second-order valence-electron chi connectivity index (χ2n) is 3.56. The van der Waals surface area contributed by atoms with Crippen LogP contribution >= 0.6 is 22.9 Å². The van der Waals surface area contributed by atoms with Crippen molar-refractivity contribution >= 4 is 34.5 Å². The lowest BCUT2D eigenvalue weighted by Gasteiger charge is -2.15. The maximum atomic E-state index is 10.8. The first kappa shape index (κ1) is 13.3. The molecule has 0 radical (unpaired) electrons. The minimum Gasteiger partial charge on any atom is -0.478 e. The molecule has 0 saturated heterocycles. The third-order valence-electron chi connectivity index (χ3n) is 2.56. The van der Waals surface area contributed by atoms with Crippen LogP contribution in [0.2, 0.25) is 4.34 Å². The molecule has 0 bridgehead atoms. The number of carboxylic acid groups (broad SMARTS) is 1. The molecule has 0 aromatic carbocycles. The smallest absolute Gasteiger partial charge is 0.328 e. The molecular weight excluding hydrogens is 244 g/mol. The van der Waals surface area contributed by atoms with Crippen LogP contribution in [-0.4, -0.2) is 11.1 Å². The van der Waals surface area contributed by atoms with Crippen molar-refractivity contribution in [3.63, 3.8) is 0 Å². The Morgan fingerprint density at radius 3 is 2.50 bits per heavy atom. The summed E-state index contributed by atoms with van der Waals surface area (Å²) in [6.45, 7) is 4.14. The van der Waals surface area contributed by atoms with E-state index >= 15 is 0 Å². The summed E-state index contributed by atoms with van der Waals surface area (Å²) in [5.74, 6) is -0.614. The van der Waals surface area contributed by atoms with Gasteiger partial charge in [0.15, 0.2) is 0 Å². The Kier molecular flexibility index (Phi) is 5.03. The highest BCUT2D eigenvalue weighted by molar-refractivity contribution is 7.17. The van der Waals surface area contributed by atoms with Gasteiger partial charge in [-0.2, -0.15) is 0 Å². The molecule has 0 fully saturated rings. The van der Waals surface area contributed by atoms with E-state index in [0.29, 0.717) is 4.34 Å². The predicted octanol–water partition coefficient (Wildman–Crippen LogP) is 4.31. The van der Waals surface area contributed by atoms with Gasteiger partial charge in [0.2, 0.25) is 0 Å². The maximum Gasteiger partial charge on any atom is 0.328 e. The first-order valence-corrected chi connectivity index (χ1v) is 6.48. The number of allylic oxidation sites excluding steroid dienone is 1. The van der Waals surface area contributed by atoms with Crippen LogP contribution in [0.5, 0.6) is 0 Å². The van der Waals surface area contributed by atoms with Crippen LogP contribution in [0.4, 0.5) is 0 Å². The van der Waals surface area contributed by atoms with Crippen molar-refractivity contribution in [1.82, 2.24) is 0 Å². The molecule has 1 aromatic rings. The van der Waals surface area contributed by atoms with Crippen molar-refractivity contribution in [1.29, 1.82) is 0 Å². The monoisotopic (exact) mass is 258 g/mol. The van der Waals surface area contributed by atoms with E-state index in [0.717, 1.165) is 23.3 Å². The van der Waals surface area contributed by atoms with Crippen LogP contribution in [0.3, 0.4) is 0 Å². The first-order chi connectivity index (χ1) is 7.58. The minimum atomic E-state index is -0.897. The van der Waals surface area contributed by atoms with E-state index in [9.17, 15) is 4.79 Å². The zero-order chi connectivity index (χ0) is 12.1. The maximum absolute atomic E-state index is 10.8. The molecule has 88 valence electrons.